The molecule has 4 nitrogen and oxygen atoms in total. The average molecular weight is 220 g/mol. The van der Waals surface area contributed by atoms with Crippen molar-refractivity contribution in [2.24, 2.45) is 0 Å². The topological polar surface area (TPSA) is 64.3 Å². The Morgan fingerprint density at radius 2 is 2.38 bits per heavy atom. The number of hydrogen-bond donors (Lipinski definition) is 2. The third kappa shape index (κ3) is 2.97. The van der Waals surface area contributed by atoms with E-state index in [-0.39, 0.29) is 12.0 Å². The van der Waals surface area contributed by atoms with E-state index >= 15 is 0 Å². The minimum atomic E-state index is 0.0493. The fourth-order valence-corrected chi connectivity index (χ4v) is 1.81. The molecule has 1 heterocycles. The average Bonchev–Trinajstić information content (AvgIpc) is 2.44. The summed E-state index contributed by atoms with van der Waals surface area (Å²) in [7, 11) is 0. The highest BCUT2D eigenvalue weighted by Crippen LogP contribution is 2.11. The SMILES string of the molecule is Nc1cccc(CC2CNC(=O)CCO2)c1. The molecule has 1 aliphatic heterocycles. The normalized spacial score (nSPS) is 21.2. The van der Waals surface area contributed by atoms with Crippen molar-refractivity contribution in [3.05, 3.63) is 29.8 Å². The van der Waals surface area contributed by atoms with Gasteiger partial charge in [0.15, 0.2) is 0 Å². The number of carbonyl (C=O) groups is 1. The molecule has 3 N–H and O–H groups in total. The third-order valence-electron chi connectivity index (χ3n) is 2.62. The molecular formula is C12H16N2O2. The summed E-state index contributed by atoms with van der Waals surface area (Å²) in [6, 6.07) is 7.75. The van der Waals surface area contributed by atoms with Crippen LogP contribution in [0.3, 0.4) is 0 Å². The highest BCUT2D eigenvalue weighted by Gasteiger charge is 2.16. The first-order valence-electron chi connectivity index (χ1n) is 5.47. The number of carbonyl (C=O) groups excluding carboxylic acids is 1. The molecule has 1 unspecified atom stereocenters. The summed E-state index contributed by atoms with van der Waals surface area (Å²) in [5, 5.41) is 2.83. The van der Waals surface area contributed by atoms with Crippen molar-refractivity contribution in [2.75, 3.05) is 18.9 Å². The number of anilines is 1. The zero-order valence-electron chi connectivity index (χ0n) is 9.11. The summed E-state index contributed by atoms with van der Waals surface area (Å²) in [4.78, 5) is 11.1. The van der Waals surface area contributed by atoms with Crippen molar-refractivity contribution in [1.82, 2.24) is 5.32 Å². The highest BCUT2D eigenvalue weighted by atomic mass is 16.5. The molecule has 1 fully saturated rings. The van der Waals surface area contributed by atoms with Gasteiger partial charge >= 0.3 is 0 Å². The molecule has 1 atom stereocenters. The maximum absolute atomic E-state index is 11.1. The molecule has 1 aromatic carbocycles. The fourth-order valence-electron chi connectivity index (χ4n) is 1.81. The van der Waals surface area contributed by atoms with Gasteiger partial charge in [-0.15, -0.1) is 0 Å². The quantitative estimate of drug-likeness (QED) is 0.722. The zero-order valence-corrected chi connectivity index (χ0v) is 9.11. The Labute approximate surface area is 94.8 Å². The molecule has 0 spiro atoms. The molecular weight excluding hydrogens is 204 g/mol. The highest BCUT2D eigenvalue weighted by molar-refractivity contribution is 5.76. The minimum Gasteiger partial charge on any atom is -0.399 e. The van der Waals surface area contributed by atoms with E-state index < -0.39 is 0 Å². The number of nitrogen functional groups attached to an aromatic ring is 1. The Morgan fingerprint density at radius 3 is 3.19 bits per heavy atom. The van der Waals surface area contributed by atoms with E-state index in [0.29, 0.717) is 19.6 Å². The van der Waals surface area contributed by atoms with Gasteiger partial charge in [0.2, 0.25) is 5.91 Å². The van der Waals surface area contributed by atoms with Crippen LogP contribution in [0.1, 0.15) is 12.0 Å². The maximum atomic E-state index is 11.1. The van der Waals surface area contributed by atoms with Crippen molar-refractivity contribution in [3.63, 3.8) is 0 Å². The molecule has 1 aliphatic rings. The number of ether oxygens (including phenoxy) is 1. The molecule has 1 saturated heterocycles. The van der Waals surface area contributed by atoms with Gasteiger partial charge in [0, 0.05) is 25.1 Å². The molecule has 0 aliphatic carbocycles. The standard InChI is InChI=1S/C12H16N2O2/c13-10-3-1-2-9(6-10)7-11-8-14-12(15)4-5-16-11/h1-3,6,11H,4-5,7-8,13H2,(H,14,15). The van der Waals surface area contributed by atoms with E-state index in [4.69, 9.17) is 10.5 Å². The van der Waals surface area contributed by atoms with Crippen LogP contribution in [0, 0.1) is 0 Å². The summed E-state index contributed by atoms with van der Waals surface area (Å²) < 4.78 is 5.59. The van der Waals surface area contributed by atoms with Crippen molar-refractivity contribution < 1.29 is 9.53 Å². The maximum Gasteiger partial charge on any atom is 0.222 e. The number of benzene rings is 1. The molecule has 0 radical (unpaired) electrons. The summed E-state index contributed by atoms with van der Waals surface area (Å²) in [5.41, 5.74) is 7.61. The second-order valence-corrected chi connectivity index (χ2v) is 4.00. The van der Waals surface area contributed by atoms with Crippen LogP contribution >= 0.6 is 0 Å². The zero-order chi connectivity index (χ0) is 11.4. The van der Waals surface area contributed by atoms with Crippen LogP contribution in [0.25, 0.3) is 0 Å². The van der Waals surface area contributed by atoms with Gasteiger partial charge in [-0.1, -0.05) is 12.1 Å². The summed E-state index contributed by atoms with van der Waals surface area (Å²) in [5.74, 6) is 0.0649. The Hall–Kier alpha value is -1.55. The van der Waals surface area contributed by atoms with Crippen LogP contribution in [0.2, 0.25) is 0 Å². The van der Waals surface area contributed by atoms with Crippen molar-refractivity contribution in [1.29, 1.82) is 0 Å². The van der Waals surface area contributed by atoms with E-state index in [1.807, 2.05) is 24.3 Å². The molecule has 1 aromatic rings. The molecule has 0 saturated carbocycles. The Morgan fingerprint density at radius 1 is 1.50 bits per heavy atom. The minimum absolute atomic E-state index is 0.0493. The van der Waals surface area contributed by atoms with Crippen LogP contribution in [0.15, 0.2) is 24.3 Å². The van der Waals surface area contributed by atoms with Gasteiger partial charge in [-0.05, 0) is 17.7 Å². The summed E-state index contributed by atoms with van der Waals surface area (Å²) in [6.45, 7) is 1.08. The lowest BCUT2D eigenvalue weighted by atomic mass is 10.1. The first kappa shape index (κ1) is 11.0. The van der Waals surface area contributed by atoms with Crippen LogP contribution < -0.4 is 11.1 Å². The molecule has 86 valence electrons. The molecule has 0 aromatic heterocycles. The summed E-state index contributed by atoms with van der Waals surface area (Å²) in [6.07, 6.45) is 1.28. The molecule has 1 amide bonds. The third-order valence-corrected chi connectivity index (χ3v) is 2.62. The number of nitrogens with one attached hydrogen (secondary N) is 1. The van der Waals surface area contributed by atoms with Crippen LogP contribution in [0.5, 0.6) is 0 Å². The van der Waals surface area contributed by atoms with E-state index in [1.54, 1.807) is 0 Å². The first-order valence-corrected chi connectivity index (χ1v) is 5.47. The van der Waals surface area contributed by atoms with Gasteiger partial charge in [-0.25, -0.2) is 0 Å². The molecule has 0 bridgehead atoms. The fraction of sp³-hybridized carbons (Fsp3) is 0.417. The second-order valence-electron chi connectivity index (χ2n) is 4.00. The molecule has 2 rings (SSSR count). The van der Waals surface area contributed by atoms with Gasteiger partial charge in [0.05, 0.1) is 12.7 Å². The lowest BCUT2D eigenvalue weighted by Gasteiger charge is -2.14. The molecule has 16 heavy (non-hydrogen) atoms. The smallest absolute Gasteiger partial charge is 0.222 e. The van der Waals surface area contributed by atoms with Crippen molar-refractivity contribution >= 4 is 11.6 Å². The largest absolute Gasteiger partial charge is 0.399 e. The van der Waals surface area contributed by atoms with E-state index in [2.05, 4.69) is 5.32 Å². The summed E-state index contributed by atoms with van der Waals surface area (Å²) >= 11 is 0. The number of hydrogen-bond acceptors (Lipinski definition) is 3. The first-order chi connectivity index (χ1) is 7.74. The van der Waals surface area contributed by atoms with Gasteiger partial charge in [0.1, 0.15) is 0 Å². The van der Waals surface area contributed by atoms with E-state index in [1.165, 1.54) is 0 Å². The van der Waals surface area contributed by atoms with Crippen LogP contribution in [-0.4, -0.2) is 25.2 Å². The number of amides is 1. The Kier molecular flexibility index (Phi) is 3.41. The van der Waals surface area contributed by atoms with Crippen molar-refractivity contribution in [2.45, 2.75) is 18.9 Å². The van der Waals surface area contributed by atoms with Crippen molar-refractivity contribution in [3.8, 4) is 0 Å². The van der Waals surface area contributed by atoms with Crippen LogP contribution in [0.4, 0.5) is 5.69 Å². The van der Waals surface area contributed by atoms with Crippen LogP contribution in [-0.2, 0) is 16.0 Å². The Balaban J connectivity index is 1.96. The predicted molar refractivity (Wildman–Crippen MR) is 61.9 cm³/mol. The van der Waals surface area contributed by atoms with E-state index in [9.17, 15) is 4.79 Å². The van der Waals surface area contributed by atoms with Gasteiger partial charge in [-0.3, -0.25) is 4.79 Å². The van der Waals surface area contributed by atoms with E-state index in [0.717, 1.165) is 17.7 Å². The molecule has 4 heteroatoms. The van der Waals surface area contributed by atoms with Gasteiger partial charge in [-0.2, -0.15) is 0 Å². The predicted octanol–water partition coefficient (Wildman–Crippen LogP) is 0.716. The number of rotatable bonds is 2. The Bertz CT molecular complexity index is 379. The van der Waals surface area contributed by atoms with Gasteiger partial charge in [0.25, 0.3) is 0 Å². The lowest BCUT2D eigenvalue weighted by Crippen LogP contribution is -2.30. The van der Waals surface area contributed by atoms with Gasteiger partial charge < -0.3 is 15.8 Å². The second kappa shape index (κ2) is 4.99. The lowest BCUT2D eigenvalue weighted by molar-refractivity contribution is -0.120. The number of nitrogens with two attached hydrogens (primary N) is 1. The monoisotopic (exact) mass is 220 g/mol.